The summed E-state index contributed by atoms with van der Waals surface area (Å²) in [5, 5.41) is 2.68. The molecule has 0 aliphatic carbocycles. The molecule has 0 fully saturated rings. The third-order valence-corrected chi connectivity index (χ3v) is 4.11. The zero-order valence-corrected chi connectivity index (χ0v) is 16.7. The van der Waals surface area contributed by atoms with Gasteiger partial charge in [0.05, 0.1) is 19.2 Å². The SMILES string of the molecule is COc1ccc(C(=O)O[C@H](C)C(=O)N(C)CC(=O)Nc2ccc(C)cc2)cc1F. The summed E-state index contributed by atoms with van der Waals surface area (Å²) in [6.07, 6.45) is -1.15. The second kappa shape index (κ2) is 9.68. The van der Waals surface area contributed by atoms with Crippen molar-refractivity contribution in [1.29, 1.82) is 0 Å². The van der Waals surface area contributed by atoms with Gasteiger partial charge in [0.25, 0.3) is 5.91 Å². The van der Waals surface area contributed by atoms with Gasteiger partial charge in [0.15, 0.2) is 17.7 Å². The van der Waals surface area contributed by atoms with Gasteiger partial charge in [-0.25, -0.2) is 9.18 Å². The topological polar surface area (TPSA) is 84.9 Å². The van der Waals surface area contributed by atoms with Crippen LogP contribution >= 0.6 is 0 Å². The van der Waals surface area contributed by atoms with Crippen molar-refractivity contribution in [3.05, 3.63) is 59.4 Å². The number of benzene rings is 2. The lowest BCUT2D eigenvalue weighted by molar-refractivity contribution is -0.140. The molecular weight excluding hydrogens is 379 g/mol. The number of carbonyl (C=O) groups is 3. The van der Waals surface area contributed by atoms with Gasteiger partial charge in [0.1, 0.15) is 0 Å². The van der Waals surface area contributed by atoms with Crippen LogP contribution in [0.5, 0.6) is 5.75 Å². The van der Waals surface area contributed by atoms with Gasteiger partial charge in [-0.1, -0.05) is 17.7 Å². The summed E-state index contributed by atoms with van der Waals surface area (Å²) in [5.74, 6) is -2.53. The fourth-order valence-corrected chi connectivity index (χ4v) is 2.51. The molecule has 0 bridgehead atoms. The zero-order chi connectivity index (χ0) is 21.6. The molecule has 0 aromatic heterocycles. The number of anilines is 1. The number of halogens is 1. The predicted octanol–water partition coefficient (Wildman–Crippen LogP) is 2.79. The Hall–Kier alpha value is -3.42. The van der Waals surface area contributed by atoms with E-state index in [0.29, 0.717) is 5.69 Å². The highest BCUT2D eigenvalue weighted by molar-refractivity contribution is 5.96. The molecule has 0 aliphatic heterocycles. The third kappa shape index (κ3) is 6.03. The minimum absolute atomic E-state index is 0.00926. The molecule has 29 heavy (non-hydrogen) atoms. The monoisotopic (exact) mass is 402 g/mol. The number of nitrogens with one attached hydrogen (secondary N) is 1. The number of hydrogen-bond acceptors (Lipinski definition) is 5. The summed E-state index contributed by atoms with van der Waals surface area (Å²) in [6, 6.07) is 10.8. The number of rotatable bonds is 7. The molecule has 2 amide bonds. The molecule has 154 valence electrons. The van der Waals surface area contributed by atoms with Gasteiger partial charge < -0.3 is 19.7 Å². The van der Waals surface area contributed by atoms with Gasteiger partial charge in [0.2, 0.25) is 5.91 Å². The lowest BCUT2D eigenvalue weighted by Crippen LogP contribution is -2.41. The molecule has 0 saturated heterocycles. The number of hydrogen-bond donors (Lipinski definition) is 1. The first kappa shape index (κ1) is 21.9. The number of aryl methyl sites for hydroxylation is 1. The Morgan fingerprint density at radius 2 is 1.79 bits per heavy atom. The van der Waals surface area contributed by atoms with Gasteiger partial charge in [-0.2, -0.15) is 0 Å². The first-order valence-corrected chi connectivity index (χ1v) is 8.87. The molecule has 0 radical (unpaired) electrons. The standard InChI is InChI=1S/C21H23FN2O5/c1-13-5-8-16(9-6-13)23-19(25)12-24(3)20(26)14(2)29-21(27)15-7-10-18(28-4)17(22)11-15/h5-11,14H,12H2,1-4H3,(H,23,25)/t14-/m1/s1. The van der Waals surface area contributed by atoms with E-state index in [1.54, 1.807) is 12.1 Å². The molecule has 0 aliphatic rings. The van der Waals surface area contributed by atoms with E-state index >= 15 is 0 Å². The highest BCUT2D eigenvalue weighted by Gasteiger charge is 2.24. The summed E-state index contributed by atoms with van der Waals surface area (Å²) < 4.78 is 23.6. The maximum atomic E-state index is 13.7. The highest BCUT2D eigenvalue weighted by Crippen LogP contribution is 2.18. The molecule has 7 nitrogen and oxygen atoms in total. The lowest BCUT2D eigenvalue weighted by Gasteiger charge is -2.21. The fourth-order valence-electron chi connectivity index (χ4n) is 2.51. The van der Waals surface area contributed by atoms with Crippen LogP contribution in [0.2, 0.25) is 0 Å². The van der Waals surface area contributed by atoms with Crippen LogP contribution in [0.4, 0.5) is 10.1 Å². The molecule has 2 aromatic rings. The van der Waals surface area contributed by atoms with E-state index in [4.69, 9.17) is 9.47 Å². The number of ether oxygens (including phenoxy) is 2. The summed E-state index contributed by atoms with van der Waals surface area (Å²) in [6.45, 7) is 3.10. The van der Waals surface area contributed by atoms with Crippen LogP contribution < -0.4 is 10.1 Å². The Kier molecular flexibility index (Phi) is 7.30. The molecule has 2 rings (SSSR count). The van der Waals surface area contributed by atoms with Crippen molar-refractivity contribution in [2.75, 3.05) is 26.0 Å². The first-order chi connectivity index (χ1) is 13.7. The van der Waals surface area contributed by atoms with Gasteiger partial charge in [-0.15, -0.1) is 0 Å². The number of esters is 1. The van der Waals surface area contributed by atoms with Crippen LogP contribution in [-0.2, 0) is 14.3 Å². The van der Waals surface area contributed by atoms with E-state index in [1.807, 2.05) is 19.1 Å². The van der Waals surface area contributed by atoms with Crippen LogP contribution in [0.25, 0.3) is 0 Å². The number of nitrogens with zero attached hydrogens (tertiary/aromatic N) is 1. The minimum atomic E-state index is -1.15. The Bertz CT molecular complexity index is 898. The van der Waals surface area contributed by atoms with Crippen molar-refractivity contribution >= 4 is 23.5 Å². The average molecular weight is 402 g/mol. The van der Waals surface area contributed by atoms with E-state index in [0.717, 1.165) is 16.5 Å². The molecule has 0 heterocycles. The van der Waals surface area contributed by atoms with E-state index < -0.39 is 23.8 Å². The quantitative estimate of drug-likeness (QED) is 0.720. The van der Waals surface area contributed by atoms with Crippen LogP contribution in [0.15, 0.2) is 42.5 Å². The Labute approximate surface area is 168 Å². The Morgan fingerprint density at radius 1 is 1.14 bits per heavy atom. The van der Waals surface area contributed by atoms with Gasteiger partial charge >= 0.3 is 5.97 Å². The molecule has 1 N–H and O–H groups in total. The van der Waals surface area contributed by atoms with Crippen LogP contribution in [0.1, 0.15) is 22.8 Å². The second-order valence-electron chi connectivity index (χ2n) is 6.51. The van der Waals surface area contributed by atoms with E-state index in [2.05, 4.69) is 5.32 Å². The van der Waals surface area contributed by atoms with E-state index in [1.165, 1.54) is 33.2 Å². The van der Waals surface area contributed by atoms with Crippen molar-refractivity contribution in [1.82, 2.24) is 4.90 Å². The molecule has 1 atom stereocenters. The molecule has 0 saturated carbocycles. The fraction of sp³-hybridized carbons (Fsp3) is 0.286. The summed E-state index contributed by atoms with van der Waals surface area (Å²) in [7, 11) is 2.73. The summed E-state index contributed by atoms with van der Waals surface area (Å²) in [4.78, 5) is 37.8. The number of amides is 2. The first-order valence-electron chi connectivity index (χ1n) is 8.87. The molecular formula is C21H23FN2O5. The second-order valence-corrected chi connectivity index (χ2v) is 6.51. The molecule has 0 unspecified atom stereocenters. The normalized spacial score (nSPS) is 11.3. The third-order valence-electron chi connectivity index (χ3n) is 4.11. The summed E-state index contributed by atoms with van der Waals surface area (Å²) >= 11 is 0. The number of carbonyl (C=O) groups excluding carboxylic acids is 3. The number of methoxy groups -OCH3 is 1. The van der Waals surface area contributed by atoms with E-state index in [-0.39, 0.29) is 23.8 Å². The van der Waals surface area contributed by atoms with Gasteiger partial charge in [-0.3, -0.25) is 9.59 Å². The maximum absolute atomic E-state index is 13.7. The average Bonchev–Trinajstić information content (AvgIpc) is 2.68. The highest BCUT2D eigenvalue weighted by atomic mass is 19.1. The van der Waals surface area contributed by atoms with Crippen LogP contribution in [-0.4, -0.2) is 49.5 Å². The van der Waals surface area contributed by atoms with E-state index in [9.17, 15) is 18.8 Å². The van der Waals surface area contributed by atoms with Crippen LogP contribution in [0, 0.1) is 12.7 Å². The zero-order valence-electron chi connectivity index (χ0n) is 16.7. The van der Waals surface area contributed by atoms with Crippen molar-refractivity contribution in [2.45, 2.75) is 20.0 Å². The summed E-state index contributed by atoms with van der Waals surface area (Å²) in [5.41, 5.74) is 1.62. The number of likely N-dealkylation sites (N-methyl/N-ethyl adjacent to an activating group) is 1. The van der Waals surface area contributed by atoms with Crippen molar-refractivity contribution in [2.24, 2.45) is 0 Å². The van der Waals surface area contributed by atoms with Crippen molar-refractivity contribution < 1.29 is 28.2 Å². The van der Waals surface area contributed by atoms with Gasteiger partial charge in [0, 0.05) is 12.7 Å². The smallest absolute Gasteiger partial charge is 0.339 e. The predicted molar refractivity (Wildman–Crippen MR) is 105 cm³/mol. The van der Waals surface area contributed by atoms with Crippen molar-refractivity contribution in [3.63, 3.8) is 0 Å². The Morgan fingerprint density at radius 3 is 2.38 bits per heavy atom. The minimum Gasteiger partial charge on any atom is -0.494 e. The molecule has 8 heteroatoms. The van der Waals surface area contributed by atoms with Gasteiger partial charge in [-0.05, 0) is 44.2 Å². The lowest BCUT2D eigenvalue weighted by atomic mass is 10.2. The molecule has 2 aromatic carbocycles. The van der Waals surface area contributed by atoms with Crippen LogP contribution in [0.3, 0.4) is 0 Å². The molecule has 0 spiro atoms. The largest absolute Gasteiger partial charge is 0.494 e. The maximum Gasteiger partial charge on any atom is 0.339 e. The Balaban J connectivity index is 1.90. The van der Waals surface area contributed by atoms with Crippen molar-refractivity contribution in [3.8, 4) is 5.75 Å².